The molecule has 0 fully saturated rings. The molecule has 0 nitrogen and oxygen atoms in total. The Morgan fingerprint density at radius 3 is 2.15 bits per heavy atom. The van der Waals surface area contributed by atoms with Crippen LogP contribution in [0.15, 0.2) is 42.5 Å². The summed E-state index contributed by atoms with van der Waals surface area (Å²) in [4.78, 5) is 0. The van der Waals surface area contributed by atoms with E-state index in [-0.39, 0.29) is 36.5 Å². The monoisotopic (exact) mass is 284 g/mol. The van der Waals surface area contributed by atoms with Crippen LogP contribution >= 0.6 is 0 Å². The summed E-state index contributed by atoms with van der Waals surface area (Å²) in [6.45, 7) is 3.95. The molecule has 0 N–H and O–H groups in total. The van der Waals surface area contributed by atoms with Gasteiger partial charge in [-0.25, -0.2) is 0 Å². The van der Waals surface area contributed by atoms with Crippen molar-refractivity contribution < 1.29 is 36.5 Å². The molecule has 2 aromatic rings. The molecule has 2 aromatic carbocycles. The van der Waals surface area contributed by atoms with Crippen molar-refractivity contribution in [3.63, 3.8) is 0 Å². The molecule has 62 valence electrons. The molecule has 0 bridgehead atoms. The van der Waals surface area contributed by atoms with Crippen LogP contribution in [0.4, 0.5) is 0 Å². The smallest absolute Gasteiger partial charge is 1.00 e. The first-order chi connectivity index (χ1) is 5.38. The predicted octanol–water partition coefficient (Wildman–Crippen LogP) is 0.0235. The molecule has 0 unspecified atom stereocenters. The van der Waals surface area contributed by atoms with Gasteiger partial charge in [-0.15, -0.1) is 17.5 Å². The fraction of sp³-hybridized carbons (Fsp3) is 0. The Hall–Kier alpha value is -0.327. The van der Waals surface area contributed by atoms with E-state index < -0.39 is 0 Å². The molecule has 0 saturated heterocycles. The molecule has 0 aliphatic rings. The first-order valence-corrected chi connectivity index (χ1v) is 3.67. The molecule has 0 spiro atoms. The molecule has 0 radical (unpaired) electrons. The van der Waals surface area contributed by atoms with E-state index in [1.807, 2.05) is 24.3 Å². The maximum absolute atomic E-state index is 3.95. The second kappa shape index (κ2) is 5.41. The van der Waals surface area contributed by atoms with Crippen LogP contribution in [0.5, 0.6) is 0 Å². The Bertz CT molecular complexity index is 379. The van der Waals surface area contributed by atoms with Gasteiger partial charge in [0.1, 0.15) is 0 Å². The van der Waals surface area contributed by atoms with Crippen LogP contribution in [0.25, 0.3) is 10.8 Å². The minimum atomic E-state index is 0. The van der Waals surface area contributed by atoms with E-state index >= 15 is 0 Å². The summed E-state index contributed by atoms with van der Waals surface area (Å²) in [5.74, 6) is 0. The van der Waals surface area contributed by atoms with Crippen molar-refractivity contribution in [2.24, 2.45) is 0 Å². The molecule has 2 rings (SSSR count). The molecular formula is C11H9BrZn. The molecule has 2 heteroatoms. The maximum Gasteiger partial charge on any atom is 2.00 e. The van der Waals surface area contributed by atoms with Crippen LogP contribution in [0, 0.1) is 6.92 Å². The first kappa shape index (κ1) is 12.7. The van der Waals surface area contributed by atoms with Crippen molar-refractivity contribution in [1.29, 1.82) is 0 Å². The number of hydrogen-bond donors (Lipinski definition) is 0. The second-order valence-corrected chi connectivity index (χ2v) is 2.64. The summed E-state index contributed by atoms with van der Waals surface area (Å²) in [6.07, 6.45) is 0. The predicted molar refractivity (Wildman–Crippen MR) is 48.4 cm³/mol. The van der Waals surface area contributed by atoms with Crippen molar-refractivity contribution in [1.82, 2.24) is 0 Å². The van der Waals surface area contributed by atoms with Crippen LogP contribution < -0.4 is 17.0 Å². The van der Waals surface area contributed by atoms with Crippen LogP contribution in [0.2, 0.25) is 0 Å². The summed E-state index contributed by atoms with van der Waals surface area (Å²) in [5.41, 5.74) is 1.10. The van der Waals surface area contributed by atoms with Crippen molar-refractivity contribution in [2.75, 3.05) is 0 Å². The minimum Gasteiger partial charge on any atom is -1.00 e. The summed E-state index contributed by atoms with van der Waals surface area (Å²) in [5, 5.41) is 2.51. The van der Waals surface area contributed by atoms with E-state index in [0.717, 1.165) is 5.56 Å². The summed E-state index contributed by atoms with van der Waals surface area (Å²) in [7, 11) is 0. The largest absolute Gasteiger partial charge is 2.00 e. The van der Waals surface area contributed by atoms with Crippen molar-refractivity contribution in [3.05, 3.63) is 55.0 Å². The van der Waals surface area contributed by atoms with Gasteiger partial charge < -0.3 is 17.0 Å². The minimum absolute atomic E-state index is 0. The zero-order chi connectivity index (χ0) is 7.68. The van der Waals surface area contributed by atoms with Gasteiger partial charge in [-0.1, -0.05) is 29.7 Å². The second-order valence-electron chi connectivity index (χ2n) is 2.64. The summed E-state index contributed by atoms with van der Waals surface area (Å²) >= 11 is 0. The fourth-order valence-corrected chi connectivity index (χ4v) is 1.29. The van der Waals surface area contributed by atoms with Gasteiger partial charge >= 0.3 is 19.5 Å². The first-order valence-electron chi connectivity index (χ1n) is 3.67. The van der Waals surface area contributed by atoms with Gasteiger partial charge in [-0.2, -0.15) is 18.6 Å². The Morgan fingerprint density at radius 2 is 1.46 bits per heavy atom. The third-order valence-electron chi connectivity index (χ3n) is 1.88. The Kier molecular flexibility index (Phi) is 5.28. The van der Waals surface area contributed by atoms with E-state index in [2.05, 4.69) is 25.1 Å². The van der Waals surface area contributed by atoms with Gasteiger partial charge in [-0.05, 0) is 0 Å². The molecule has 0 heterocycles. The Labute approximate surface area is 102 Å². The molecular weight excluding hydrogens is 277 g/mol. The van der Waals surface area contributed by atoms with Crippen LogP contribution in [0.1, 0.15) is 5.56 Å². The SMILES string of the molecule is [Br-].[CH2-]c1cccc2ccccc12.[Zn+2]. The number of benzene rings is 2. The third kappa shape index (κ3) is 2.56. The van der Waals surface area contributed by atoms with Gasteiger partial charge in [-0.3, -0.25) is 0 Å². The normalized spacial score (nSPS) is 8.62. The maximum atomic E-state index is 3.95. The third-order valence-corrected chi connectivity index (χ3v) is 1.88. The molecule has 0 aromatic heterocycles. The van der Waals surface area contributed by atoms with Crippen molar-refractivity contribution in [2.45, 2.75) is 0 Å². The van der Waals surface area contributed by atoms with E-state index in [0.29, 0.717) is 0 Å². The summed E-state index contributed by atoms with van der Waals surface area (Å²) < 4.78 is 0. The van der Waals surface area contributed by atoms with Crippen molar-refractivity contribution >= 4 is 10.8 Å². The Balaban J connectivity index is 0.000000720. The van der Waals surface area contributed by atoms with E-state index in [4.69, 9.17) is 0 Å². The number of rotatable bonds is 0. The molecule has 0 amide bonds. The topological polar surface area (TPSA) is 0 Å². The molecule has 0 atom stereocenters. The molecule has 13 heavy (non-hydrogen) atoms. The zero-order valence-electron chi connectivity index (χ0n) is 7.33. The molecule has 0 aliphatic heterocycles. The van der Waals surface area contributed by atoms with Gasteiger partial charge in [0.2, 0.25) is 0 Å². The fourth-order valence-electron chi connectivity index (χ4n) is 1.29. The average molecular weight is 286 g/mol. The van der Waals surface area contributed by atoms with E-state index in [1.54, 1.807) is 0 Å². The van der Waals surface area contributed by atoms with Crippen molar-refractivity contribution in [3.8, 4) is 0 Å². The summed E-state index contributed by atoms with van der Waals surface area (Å²) in [6, 6.07) is 14.4. The molecule has 0 saturated carbocycles. The van der Waals surface area contributed by atoms with Crippen LogP contribution in [-0.4, -0.2) is 0 Å². The number of fused-ring (bicyclic) bond motifs is 1. The average Bonchev–Trinajstić information content (AvgIpc) is 2.06. The number of halogens is 1. The van der Waals surface area contributed by atoms with Gasteiger partial charge in [0.05, 0.1) is 0 Å². The standard InChI is InChI=1S/C11H9.BrH.Zn/c1-9-5-4-7-10-6-2-3-8-11(9)10;;/h2-8H,1H2;1H;/q-1;;+2/p-1. The van der Waals surface area contributed by atoms with Crippen LogP contribution in [-0.2, 0) is 19.5 Å². The quantitative estimate of drug-likeness (QED) is 0.473. The van der Waals surface area contributed by atoms with E-state index in [9.17, 15) is 0 Å². The molecule has 0 aliphatic carbocycles. The van der Waals surface area contributed by atoms with Gasteiger partial charge in [0.25, 0.3) is 0 Å². The van der Waals surface area contributed by atoms with E-state index in [1.165, 1.54) is 10.8 Å². The van der Waals surface area contributed by atoms with Crippen LogP contribution in [0.3, 0.4) is 0 Å². The number of hydrogen-bond acceptors (Lipinski definition) is 0. The Morgan fingerprint density at radius 1 is 0.846 bits per heavy atom. The zero-order valence-corrected chi connectivity index (χ0v) is 11.9. The van der Waals surface area contributed by atoms with Gasteiger partial charge in [0, 0.05) is 0 Å². The van der Waals surface area contributed by atoms with Gasteiger partial charge in [0.15, 0.2) is 0 Å².